The Balaban J connectivity index is 2.19. The van der Waals surface area contributed by atoms with Crippen LogP contribution in [0.5, 0.6) is 11.5 Å². The molecule has 0 bridgehead atoms. The van der Waals surface area contributed by atoms with E-state index in [2.05, 4.69) is 16.4 Å². The van der Waals surface area contributed by atoms with Crippen molar-refractivity contribution in [2.24, 2.45) is 0 Å². The maximum absolute atomic E-state index is 9.53. The van der Waals surface area contributed by atoms with Crippen LogP contribution < -0.4 is 14.8 Å². The molecular weight excluding hydrogens is 330 g/mol. The highest BCUT2D eigenvalue weighted by molar-refractivity contribution is 5.97. The number of pyridine rings is 1. The van der Waals surface area contributed by atoms with E-state index in [1.54, 1.807) is 26.4 Å². The number of aromatic nitrogens is 1. The van der Waals surface area contributed by atoms with E-state index in [0.717, 1.165) is 16.6 Å². The summed E-state index contributed by atoms with van der Waals surface area (Å²) in [6.07, 6.45) is 2.05. The Kier molecular flexibility index (Phi) is 5.20. The van der Waals surface area contributed by atoms with Crippen LogP contribution in [0.4, 0.5) is 11.4 Å². The standard InChI is InChI=1S/C20H19N3O3/c1-25-18-9-15-17(10-19(18)26-2)22-12-14(11-21)20(15)23-16-6-4-3-5-13(16)7-8-24/h3-6,9-10,12,24H,7-8H2,1-2H3,(H,22,23). The molecule has 2 N–H and O–H groups in total. The molecule has 6 heteroatoms. The summed E-state index contributed by atoms with van der Waals surface area (Å²) in [7, 11) is 3.13. The first kappa shape index (κ1) is 17.5. The Morgan fingerprint density at radius 3 is 2.58 bits per heavy atom. The van der Waals surface area contributed by atoms with Crippen LogP contribution in [-0.2, 0) is 6.42 Å². The number of rotatable bonds is 6. The number of benzene rings is 2. The van der Waals surface area contributed by atoms with E-state index >= 15 is 0 Å². The van der Waals surface area contributed by atoms with Crippen LogP contribution in [-0.4, -0.2) is 30.9 Å². The molecule has 0 atom stereocenters. The third kappa shape index (κ3) is 3.25. The van der Waals surface area contributed by atoms with Crippen LogP contribution in [0.1, 0.15) is 11.1 Å². The third-order valence-electron chi connectivity index (χ3n) is 4.15. The molecule has 0 aliphatic heterocycles. The molecule has 2 aromatic carbocycles. The SMILES string of the molecule is COc1cc2ncc(C#N)c(Nc3ccccc3CCO)c2cc1OC. The minimum absolute atomic E-state index is 0.0475. The second-order valence-corrected chi connectivity index (χ2v) is 5.64. The van der Waals surface area contributed by atoms with E-state index in [-0.39, 0.29) is 6.61 Å². The second-order valence-electron chi connectivity index (χ2n) is 5.64. The van der Waals surface area contributed by atoms with E-state index in [9.17, 15) is 10.4 Å². The monoisotopic (exact) mass is 349 g/mol. The van der Waals surface area contributed by atoms with E-state index in [0.29, 0.717) is 34.7 Å². The van der Waals surface area contributed by atoms with E-state index in [1.807, 2.05) is 24.3 Å². The van der Waals surface area contributed by atoms with Crippen molar-refractivity contribution >= 4 is 22.3 Å². The number of methoxy groups -OCH3 is 2. The van der Waals surface area contributed by atoms with Crippen LogP contribution in [0.3, 0.4) is 0 Å². The smallest absolute Gasteiger partial charge is 0.162 e. The van der Waals surface area contributed by atoms with Crippen molar-refractivity contribution in [3.63, 3.8) is 0 Å². The van der Waals surface area contributed by atoms with Gasteiger partial charge in [0.15, 0.2) is 11.5 Å². The lowest BCUT2D eigenvalue weighted by Gasteiger charge is -2.16. The number of para-hydroxylation sites is 1. The summed E-state index contributed by atoms with van der Waals surface area (Å²) < 4.78 is 10.7. The molecule has 1 heterocycles. The van der Waals surface area contributed by atoms with Gasteiger partial charge >= 0.3 is 0 Å². The Labute approximate surface area is 151 Å². The lowest BCUT2D eigenvalue weighted by atomic mass is 10.1. The van der Waals surface area contributed by atoms with Gasteiger partial charge in [0.25, 0.3) is 0 Å². The molecule has 0 saturated heterocycles. The summed E-state index contributed by atoms with van der Waals surface area (Å²) in [4.78, 5) is 4.36. The highest BCUT2D eigenvalue weighted by Gasteiger charge is 2.15. The highest BCUT2D eigenvalue weighted by Crippen LogP contribution is 2.37. The minimum Gasteiger partial charge on any atom is -0.493 e. The zero-order chi connectivity index (χ0) is 18.5. The summed E-state index contributed by atoms with van der Waals surface area (Å²) in [5.74, 6) is 1.13. The maximum Gasteiger partial charge on any atom is 0.162 e. The number of anilines is 2. The van der Waals surface area contributed by atoms with Crippen molar-refractivity contribution in [2.45, 2.75) is 6.42 Å². The average Bonchev–Trinajstić information content (AvgIpc) is 2.68. The summed E-state index contributed by atoms with van der Waals surface area (Å²) in [6.45, 7) is 0.0475. The molecule has 0 unspecified atom stereocenters. The van der Waals surface area contributed by atoms with Crippen molar-refractivity contribution in [1.29, 1.82) is 5.26 Å². The number of ether oxygens (including phenoxy) is 2. The number of hydrogen-bond donors (Lipinski definition) is 2. The third-order valence-corrected chi connectivity index (χ3v) is 4.15. The summed E-state index contributed by atoms with van der Waals surface area (Å²) in [6, 6.07) is 13.4. The molecule has 0 aliphatic rings. The van der Waals surface area contributed by atoms with Gasteiger partial charge in [0.1, 0.15) is 6.07 Å². The lowest BCUT2D eigenvalue weighted by molar-refractivity contribution is 0.300. The van der Waals surface area contributed by atoms with Gasteiger partial charge in [-0.3, -0.25) is 4.98 Å². The quantitative estimate of drug-likeness (QED) is 0.709. The molecule has 0 saturated carbocycles. The fraction of sp³-hybridized carbons (Fsp3) is 0.200. The van der Waals surface area contributed by atoms with Crippen molar-refractivity contribution < 1.29 is 14.6 Å². The zero-order valence-corrected chi connectivity index (χ0v) is 14.6. The molecule has 3 rings (SSSR count). The van der Waals surface area contributed by atoms with E-state index < -0.39 is 0 Å². The number of aliphatic hydroxyl groups is 1. The number of nitrogens with zero attached hydrogens (tertiary/aromatic N) is 2. The number of fused-ring (bicyclic) bond motifs is 1. The topological polar surface area (TPSA) is 87.4 Å². The van der Waals surface area contributed by atoms with Crippen molar-refractivity contribution in [3.8, 4) is 17.6 Å². The van der Waals surface area contributed by atoms with Crippen LogP contribution >= 0.6 is 0 Å². The molecule has 1 aromatic heterocycles. The van der Waals surface area contributed by atoms with Gasteiger partial charge in [-0.2, -0.15) is 5.26 Å². The predicted octanol–water partition coefficient (Wildman–Crippen LogP) is 3.40. The van der Waals surface area contributed by atoms with Crippen LogP contribution in [0.25, 0.3) is 10.9 Å². The number of hydrogen-bond acceptors (Lipinski definition) is 6. The number of aliphatic hydroxyl groups excluding tert-OH is 1. The molecule has 0 amide bonds. The van der Waals surface area contributed by atoms with Gasteiger partial charge in [-0.05, 0) is 24.1 Å². The fourth-order valence-electron chi connectivity index (χ4n) is 2.85. The van der Waals surface area contributed by atoms with E-state index in [4.69, 9.17) is 9.47 Å². The number of nitriles is 1. The largest absolute Gasteiger partial charge is 0.493 e. The van der Waals surface area contributed by atoms with Crippen LogP contribution in [0, 0.1) is 11.3 Å². The van der Waals surface area contributed by atoms with Gasteiger partial charge in [-0.15, -0.1) is 0 Å². The first-order valence-corrected chi connectivity index (χ1v) is 8.12. The summed E-state index contributed by atoms with van der Waals surface area (Å²) >= 11 is 0. The molecule has 0 radical (unpaired) electrons. The minimum atomic E-state index is 0.0475. The zero-order valence-electron chi connectivity index (χ0n) is 14.6. The van der Waals surface area contributed by atoms with Gasteiger partial charge < -0.3 is 19.9 Å². The number of nitrogens with one attached hydrogen (secondary N) is 1. The summed E-state index contributed by atoms with van der Waals surface area (Å²) in [5, 5.41) is 22.9. The lowest BCUT2D eigenvalue weighted by Crippen LogP contribution is -2.02. The molecule has 6 nitrogen and oxygen atoms in total. The van der Waals surface area contributed by atoms with Crippen LogP contribution in [0.15, 0.2) is 42.6 Å². The fourth-order valence-corrected chi connectivity index (χ4v) is 2.85. The van der Waals surface area contributed by atoms with Crippen molar-refractivity contribution in [2.75, 3.05) is 26.1 Å². The highest BCUT2D eigenvalue weighted by atomic mass is 16.5. The Morgan fingerprint density at radius 1 is 1.15 bits per heavy atom. The first-order valence-electron chi connectivity index (χ1n) is 8.12. The second kappa shape index (κ2) is 7.72. The van der Waals surface area contributed by atoms with Crippen molar-refractivity contribution in [3.05, 3.63) is 53.7 Å². The molecule has 26 heavy (non-hydrogen) atoms. The van der Waals surface area contributed by atoms with Gasteiger partial charge in [0, 0.05) is 29.9 Å². The van der Waals surface area contributed by atoms with Gasteiger partial charge in [0.2, 0.25) is 0 Å². The van der Waals surface area contributed by atoms with Gasteiger partial charge in [0.05, 0.1) is 31.0 Å². The molecule has 0 fully saturated rings. The average molecular weight is 349 g/mol. The maximum atomic E-state index is 9.53. The van der Waals surface area contributed by atoms with Gasteiger partial charge in [-0.25, -0.2) is 0 Å². The molecule has 0 spiro atoms. The Morgan fingerprint density at radius 2 is 1.88 bits per heavy atom. The molecule has 3 aromatic rings. The predicted molar refractivity (Wildman–Crippen MR) is 100 cm³/mol. The van der Waals surface area contributed by atoms with Gasteiger partial charge in [-0.1, -0.05) is 18.2 Å². The normalized spacial score (nSPS) is 10.4. The first-order chi connectivity index (χ1) is 12.7. The van der Waals surface area contributed by atoms with E-state index in [1.165, 1.54) is 6.20 Å². The Hall–Kier alpha value is -3.30. The Bertz CT molecular complexity index is 980. The van der Waals surface area contributed by atoms with Crippen molar-refractivity contribution in [1.82, 2.24) is 4.98 Å². The summed E-state index contributed by atoms with van der Waals surface area (Å²) in [5.41, 5.74) is 3.54. The molecule has 0 aliphatic carbocycles. The molecular formula is C20H19N3O3. The van der Waals surface area contributed by atoms with Crippen LogP contribution in [0.2, 0.25) is 0 Å². The molecule has 132 valence electrons.